The van der Waals surface area contributed by atoms with Gasteiger partial charge in [-0.2, -0.15) is 0 Å². The van der Waals surface area contributed by atoms with Crippen LogP contribution in [0.15, 0.2) is 0 Å². The standard InChI is InChI=1S/C12H25NO2/c1-10(2,3)8(11(4,5)13)9(14)12(6,7)15/h8,15H,13H2,1-7H3/t8-/m1/s1. The van der Waals surface area contributed by atoms with Gasteiger partial charge in [-0.15, -0.1) is 0 Å². The van der Waals surface area contributed by atoms with Crippen molar-refractivity contribution in [2.24, 2.45) is 17.1 Å². The average Bonchev–Trinajstić information content (AvgIpc) is 1.76. The van der Waals surface area contributed by atoms with Gasteiger partial charge in [-0.05, 0) is 33.1 Å². The molecule has 0 aromatic carbocycles. The number of ketones is 1. The van der Waals surface area contributed by atoms with Crippen molar-refractivity contribution >= 4 is 5.78 Å². The highest BCUT2D eigenvalue weighted by molar-refractivity contribution is 5.90. The highest BCUT2D eigenvalue weighted by Gasteiger charge is 2.45. The van der Waals surface area contributed by atoms with Crippen LogP contribution in [0.4, 0.5) is 0 Å². The molecular weight excluding hydrogens is 190 g/mol. The Hall–Kier alpha value is -0.410. The minimum atomic E-state index is -1.32. The molecule has 0 spiro atoms. The summed E-state index contributed by atoms with van der Waals surface area (Å²) in [4.78, 5) is 12.1. The van der Waals surface area contributed by atoms with Crippen LogP contribution in [0.5, 0.6) is 0 Å². The summed E-state index contributed by atoms with van der Waals surface area (Å²) in [5.41, 5.74) is 3.82. The Labute approximate surface area is 93.0 Å². The third-order valence-corrected chi connectivity index (χ3v) is 2.48. The monoisotopic (exact) mass is 215 g/mol. The van der Waals surface area contributed by atoms with Crippen molar-refractivity contribution in [3.05, 3.63) is 0 Å². The lowest BCUT2D eigenvalue weighted by Crippen LogP contribution is -2.55. The third kappa shape index (κ3) is 3.92. The molecule has 90 valence electrons. The maximum Gasteiger partial charge on any atom is 0.169 e. The van der Waals surface area contributed by atoms with Crippen LogP contribution < -0.4 is 5.73 Å². The van der Waals surface area contributed by atoms with E-state index >= 15 is 0 Å². The molecule has 0 bridgehead atoms. The molecule has 1 atom stereocenters. The number of aliphatic hydroxyl groups is 1. The van der Waals surface area contributed by atoms with Gasteiger partial charge in [0.2, 0.25) is 0 Å². The minimum Gasteiger partial charge on any atom is -0.383 e. The van der Waals surface area contributed by atoms with Gasteiger partial charge in [-0.1, -0.05) is 20.8 Å². The van der Waals surface area contributed by atoms with Crippen molar-refractivity contribution in [3.63, 3.8) is 0 Å². The summed E-state index contributed by atoms with van der Waals surface area (Å²) in [5, 5.41) is 9.78. The van der Waals surface area contributed by atoms with E-state index in [1.807, 2.05) is 34.6 Å². The molecule has 0 saturated carbocycles. The van der Waals surface area contributed by atoms with Gasteiger partial charge in [-0.25, -0.2) is 0 Å². The molecule has 0 amide bonds. The lowest BCUT2D eigenvalue weighted by atomic mass is 9.66. The summed E-state index contributed by atoms with van der Waals surface area (Å²) in [7, 11) is 0. The highest BCUT2D eigenvalue weighted by Crippen LogP contribution is 2.36. The SMILES string of the molecule is CC(C)(O)C(=O)[C@H](C(C)(C)C)C(C)(C)N. The first-order chi connectivity index (χ1) is 6.28. The smallest absolute Gasteiger partial charge is 0.169 e. The largest absolute Gasteiger partial charge is 0.383 e. The van der Waals surface area contributed by atoms with E-state index in [0.29, 0.717) is 0 Å². The predicted octanol–water partition coefficient (Wildman–Crippen LogP) is 1.73. The van der Waals surface area contributed by atoms with E-state index in [4.69, 9.17) is 5.73 Å². The second kappa shape index (κ2) is 3.87. The van der Waals surface area contributed by atoms with Gasteiger partial charge >= 0.3 is 0 Å². The van der Waals surface area contributed by atoms with Crippen molar-refractivity contribution in [2.75, 3.05) is 0 Å². The molecule has 0 heterocycles. The Balaban J connectivity index is 5.26. The van der Waals surface area contributed by atoms with E-state index in [0.717, 1.165) is 0 Å². The molecule has 15 heavy (non-hydrogen) atoms. The fourth-order valence-electron chi connectivity index (χ4n) is 2.20. The number of hydrogen-bond donors (Lipinski definition) is 2. The molecule has 0 rings (SSSR count). The summed E-state index contributed by atoms with van der Waals surface area (Å²) in [6.07, 6.45) is 0. The van der Waals surface area contributed by atoms with Crippen LogP contribution in [0, 0.1) is 11.3 Å². The number of rotatable bonds is 3. The molecule has 0 aliphatic carbocycles. The maximum absolute atomic E-state index is 12.1. The topological polar surface area (TPSA) is 63.3 Å². The molecule has 0 radical (unpaired) electrons. The van der Waals surface area contributed by atoms with E-state index < -0.39 is 11.1 Å². The van der Waals surface area contributed by atoms with Crippen LogP contribution in [0.25, 0.3) is 0 Å². The molecule has 3 N–H and O–H groups in total. The molecule has 0 aromatic heterocycles. The van der Waals surface area contributed by atoms with Crippen LogP contribution in [-0.2, 0) is 4.79 Å². The van der Waals surface area contributed by atoms with Crippen molar-refractivity contribution in [2.45, 2.75) is 59.6 Å². The number of carbonyl (C=O) groups excluding carboxylic acids is 1. The zero-order chi connectivity index (χ0) is 12.7. The number of nitrogens with two attached hydrogens (primary N) is 1. The quantitative estimate of drug-likeness (QED) is 0.753. The van der Waals surface area contributed by atoms with Gasteiger partial charge < -0.3 is 10.8 Å². The summed E-state index contributed by atoms with van der Waals surface area (Å²) in [5.74, 6) is -0.563. The average molecular weight is 215 g/mol. The summed E-state index contributed by atoms with van der Waals surface area (Å²) < 4.78 is 0. The zero-order valence-corrected chi connectivity index (χ0v) is 11.0. The van der Waals surface area contributed by atoms with Gasteiger partial charge in [-0.3, -0.25) is 4.79 Å². The minimum absolute atomic E-state index is 0.192. The second-order valence-electron chi connectivity index (χ2n) is 6.54. The van der Waals surface area contributed by atoms with Crippen molar-refractivity contribution < 1.29 is 9.90 Å². The van der Waals surface area contributed by atoms with E-state index in [1.54, 1.807) is 0 Å². The Bertz CT molecular complexity index is 224. The molecule has 3 nitrogen and oxygen atoms in total. The first kappa shape index (κ1) is 14.6. The lowest BCUT2D eigenvalue weighted by molar-refractivity contribution is -0.144. The Kier molecular flexibility index (Phi) is 3.77. The fraction of sp³-hybridized carbons (Fsp3) is 0.917. The van der Waals surface area contributed by atoms with Gasteiger partial charge in [0.25, 0.3) is 0 Å². The van der Waals surface area contributed by atoms with Gasteiger partial charge in [0.1, 0.15) is 5.60 Å². The first-order valence-corrected chi connectivity index (χ1v) is 5.33. The Morgan fingerprint density at radius 1 is 1.07 bits per heavy atom. The molecule has 3 heteroatoms. The summed E-state index contributed by atoms with van der Waals surface area (Å²) >= 11 is 0. The lowest BCUT2D eigenvalue weighted by Gasteiger charge is -2.41. The normalized spacial score (nSPS) is 16.3. The van der Waals surface area contributed by atoms with E-state index in [2.05, 4.69) is 0 Å². The van der Waals surface area contributed by atoms with Crippen LogP contribution in [0.1, 0.15) is 48.5 Å². The maximum atomic E-state index is 12.1. The van der Waals surface area contributed by atoms with Crippen LogP contribution in [-0.4, -0.2) is 22.0 Å². The predicted molar refractivity (Wildman–Crippen MR) is 62.5 cm³/mol. The van der Waals surface area contributed by atoms with E-state index in [-0.39, 0.29) is 17.1 Å². The summed E-state index contributed by atoms with van der Waals surface area (Å²) in [6.45, 7) is 12.6. The molecule has 0 aromatic rings. The second-order valence-corrected chi connectivity index (χ2v) is 6.54. The van der Waals surface area contributed by atoms with Gasteiger partial charge in [0.15, 0.2) is 5.78 Å². The zero-order valence-electron chi connectivity index (χ0n) is 11.0. The number of Topliss-reactive ketones (excluding diaryl/α,β-unsaturated/α-hetero) is 1. The van der Waals surface area contributed by atoms with Crippen molar-refractivity contribution in [1.29, 1.82) is 0 Å². The highest BCUT2D eigenvalue weighted by atomic mass is 16.3. The molecule has 0 saturated heterocycles. The molecule has 0 unspecified atom stereocenters. The van der Waals surface area contributed by atoms with Crippen LogP contribution in [0.2, 0.25) is 0 Å². The fourth-order valence-corrected chi connectivity index (χ4v) is 2.20. The molecule has 0 aliphatic heterocycles. The van der Waals surface area contributed by atoms with Crippen molar-refractivity contribution in [1.82, 2.24) is 0 Å². The van der Waals surface area contributed by atoms with Gasteiger partial charge in [0.05, 0.1) is 0 Å². The molecule has 0 aliphatic rings. The van der Waals surface area contributed by atoms with Crippen LogP contribution >= 0.6 is 0 Å². The first-order valence-electron chi connectivity index (χ1n) is 5.33. The molecule has 0 fully saturated rings. The summed E-state index contributed by atoms with van der Waals surface area (Å²) in [6, 6.07) is 0. The van der Waals surface area contributed by atoms with Crippen molar-refractivity contribution in [3.8, 4) is 0 Å². The Morgan fingerprint density at radius 2 is 1.40 bits per heavy atom. The van der Waals surface area contributed by atoms with E-state index in [9.17, 15) is 9.90 Å². The Morgan fingerprint density at radius 3 is 1.47 bits per heavy atom. The number of hydrogen-bond acceptors (Lipinski definition) is 3. The van der Waals surface area contributed by atoms with E-state index in [1.165, 1.54) is 13.8 Å². The van der Waals surface area contributed by atoms with Gasteiger partial charge in [0, 0.05) is 11.5 Å². The van der Waals surface area contributed by atoms with Crippen LogP contribution in [0.3, 0.4) is 0 Å². The third-order valence-electron chi connectivity index (χ3n) is 2.48. The number of carbonyl (C=O) groups is 1. The molecular formula is C12H25NO2.